The van der Waals surface area contributed by atoms with Crippen molar-refractivity contribution in [3.05, 3.63) is 72.3 Å². The van der Waals surface area contributed by atoms with Crippen LogP contribution >= 0.6 is 0 Å². The summed E-state index contributed by atoms with van der Waals surface area (Å²) in [5, 5.41) is 11.4. The van der Waals surface area contributed by atoms with Crippen LogP contribution in [0.5, 0.6) is 0 Å². The molecule has 0 aliphatic heterocycles. The van der Waals surface area contributed by atoms with Gasteiger partial charge in [0, 0.05) is 0 Å². The standard InChI is InChI=1S/C20H18O2/c1-14(20(21)22)11-15-7-8-17-9-10-18(13-19(17)12-15)16-5-3-2-4-6-16/h2-10,12-14H,11H2,1H3,(H,21,22). The summed E-state index contributed by atoms with van der Waals surface area (Å²) in [7, 11) is 0. The molecule has 0 radical (unpaired) electrons. The molecular weight excluding hydrogens is 272 g/mol. The van der Waals surface area contributed by atoms with Crippen LogP contribution in [0.1, 0.15) is 12.5 Å². The Morgan fingerprint density at radius 1 is 0.909 bits per heavy atom. The normalized spacial score (nSPS) is 12.2. The number of rotatable bonds is 4. The number of aliphatic carboxylic acids is 1. The van der Waals surface area contributed by atoms with E-state index in [1.807, 2.05) is 24.3 Å². The third-order valence-electron chi connectivity index (χ3n) is 3.98. The minimum atomic E-state index is -0.752. The molecule has 0 spiro atoms. The number of carbonyl (C=O) groups is 1. The van der Waals surface area contributed by atoms with Crippen molar-refractivity contribution in [3.8, 4) is 11.1 Å². The van der Waals surface area contributed by atoms with Crippen LogP contribution in [0.3, 0.4) is 0 Å². The molecule has 2 nitrogen and oxygen atoms in total. The fraction of sp³-hybridized carbons (Fsp3) is 0.150. The molecule has 1 unspecified atom stereocenters. The number of carboxylic acids is 1. The molecule has 1 N–H and O–H groups in total. The predicted molar refractivity (Wildman–Crippen MR) is 89.9 cm³/mol. The van der Waals surface area contributed by atoms with E-state index in [0.29, 0.717) is 6.42 Å². The number of hydrogen-bond acceptors (Lipinski definition) is 1. The lowest BCUT2D eigenvalue weighted by molar-refractivity contribution is -0.141. The number of benzene rings is 3. The van der Waals surface area contributed by atoms with Crippen LogP contribution in [-0.4, -0.2) is 11.1 Å². The first-order valence-corrected chi connectivity index (χ1v) is 7.44. The van der Waals surface area contributed by atoms with E-state index < -0.39 is 5.97 Å². The van der Waals surface area contributed by atoms with E-state index >= 15 is 0 Å². The second-order valence-corrected chi connectivity index (χ2v) is 5.71. The van der Waals surface area contributed by atoms with Crippen LogP contribution in [0.25, 0.3) is 21.9 Å². The molecule has 0 bridgehead atoms. The zero-order chi connectivity index (χ0) is 15.5. The number of hydrogen-bond donors (Lipinski definition) is 1. The van der Waals surface area contributed by atoms with E-state index in [2.05, 4.69) is 42.5 Å². The highest BCUT2D eigenvalue weighted by atomic mass is 16.4. The van der Waals surface area contributed by atoms with Crippen molar-refractivity contribution in [1.82, 2.24) is 0 Å². The summed E-state index contributed by atoms with van der Waals surface area (Å²) in [6.07, 6.45) is 0.556. The van der Waals surface area contributed by atoms with Crippen molar-refractivity contribution < 1.29 is 9.90 Å². The lowest BCUT2D eigenvalue weighted by Gasteiger charge is -2.09. The molecule has 0 aromatic heterocycles. The average molecular weight is 290 g/mol. The van der Waals surface area contributed by atoms with Gasteiger partial charge in [0.2, 0.25) is 0 Å². The first-order chi connectivity index (χ1) is 10.6. The van der Waals surface area contributed by atoms with Crippen LogP contribution in [0.2, 0.25) is 0 Å². The largest absolute Gasteiger partial charge is 0.481 e. The highest BCUT2D eigenvalue weighted by Gasteiger charge is 2.11. The molecule has 3 aromatic carbocycles. The molecule has 0 amide bonds. The van der Waals surface area contributed by atoms with E-state index in [1.165, 1.54) is 16.5 Å². The van der Waals surface area contributed by atoms with Gasteiger partial charge in [-0.2, -0.15) is 0 Å². The van der Waals surface area contributed by atoms with Crippen molar-refractivity contribution in [2.75, 3.05) is 0 Å². The lowest BCUT2D eigenvalue weighted by atomic mass is 9.96. The summed E-state index contributed by atoms with van der Waals surface area (Å²) in [5.74, 6) is -1.12. The zero-order valence-corrected chi connectivity index (χ0v) is 12.5. The molecule has 0 aliphatic rings. The zero-order valence-electron chi connectivity index (χ0n) is 12.5. The average Bonchev–Trinajstić information content (AvgIpc) is 2.55. The molecule has 2 heteroatoms. The Morgan fingerprint density at radius 2 is 1.64 bits per heavy atom. The van der Waals surface area contributed by atoms with Crippen LogP contribution in [0.15, 0.2) is 66.7 Å². The Hall–Kier alpha value is -2.61. The van der Waals surface area contributed by atoms with E-state index in [-0.39, 0.29) is 5.92 Å². The van der Waals surface area contributed by atoms with Crippen molar-refractivity contribution in [2.24, 2.45) is 5.92 Å². The topological polar surface area (TPSA) is 37.3 Å². The summed E-state index contributed by atoms with van der Waals surface area (Å²) < 4.78 is 0. The highest BCUT2D eigenvalue weighted by molar-refractivity contribution is 5.88. The molecule has 0 saturated heterocycles. The molecule has 3 aromatic rings. The quantitative estimate of drug-likeness (QED) is 0.751. The van der Waals surface area contributed by atoms with E-state index in [1.54, 1.807) is 6.92 Å². The van der Waals surface area contributed by atoms with E-state index in [0.717, 1.165) is 10.9 Å². The summed E-state index contributed by atoms with van der Waals surface area (Å²) in [5.41, 5.74) is 3.43. The molecule has 3 rings (SSSR count). The smallest absolute Gasteiger partial charge is 0.306 e. The van der Waals surface area contributed by atoms with Gasteiger partial charge in [-0.25, -0.2) is 0 Å². The molecule has 110 valence electrons. The summed E-state index contributed by atoms with van der Waals surface area (Å²) in [4.78, 5) is 11.0. The maximum absolute atomic E-state index is 11.0. The Kier molecular flexibility index (Phi) is 3.92. The number of fused-ring (bicyclic) bond motifs is 1. The van der Waals surface area contributed by atoms with E-state index in [9.17, 15) is 4.79 Å². The third-order valence-corrected chi connectivity index (χ3v) is 3.98. The SMILES string of the molecule is CC(Cc1ccc2ccc(-c3ccccc3)cc2c1)C(=O)O. The highest BCUT2D eigenvalue weighted by Crippen LogP contribution is 2.25. The van der Waals surface area contributed by atoms with Crippen LogP contribution in [0, 0.1) is 5.92 Å². The molecule has 22 heavy (non-hydrogen) atoms. The summed E-state index contributed by atoms with van der Waals surface area (Å²) in [6, 6.07) is 22.8. The van der Waals surface area contributed by atoms with Gasteiger partial charge >= 0.3 is 5.97 Å². The van der Waals surface area contributed by atoms with Gasteiger partial charge in [0.25, 0.3) is 0 Å². The predicted octanol–water partition coefficient (Wildman–Crippen LogP) is 4.77. The third kappa shape index (κ3) is 3.01. The Bertz CT molecular complexity index is 806. The van der Waals surface area contributed by atoms with E-state index in [4.69, 9.17) is 5.11 Å². The number of carboxylic acid groups (broad SMARTS) is 1. The first kappa shape index (κ1) is 14.3. The molecule has 0 heterocycles. The molecular formula is C20H18O2. The van der Waals surface area contributed by atoms with Gasteiger partial charge in [-0.3, -0.25) is 4.79 Å². The fourth-order valence-electron chi connectivity index (χ4n) is 2.67. The van der Waals surface area contributed by atoms with Gasteiger partial charge in [-0.15, -0.1) is 0 Å². The van der Waals surface area contributed by atoms with Gasteiger partial charge in [-0.05, 0) is 39.9 Å². The van der Waals surface area contributed by atoms with Crippen molar-refractivity contribution in [1.29, 1.82) is 0 Å². The maximum Gasteiger partial charge on any atom is 0.306 e. The molecule has 1 atom stereocenters. The fourth-order valence-corrected chi connectivity index (χ4v) is 2.67. The van der Waals surface area contributed by atoms with Crippen molar-refractivity contribution in [3.63, 3.8) is 0 Å². The molecule has 0 saturated carbocycles. The Balaban J connectivity index is 1.98. The van der Waals surface area contributed by atoms with Crippen LogP contribution < -0.4 is 0 Å². The monoisotopic (exact) mass is 290 g/mol. The van der Waals surface area contributed by atoms with Crippen LogP contribution in [-0.2, 0) is 11.2 Å². The van der Waals surface area contributed by atoms with Crippen molar-refractivity contribution >= 4 is 16.7 Å². The van der Waals surface area contributed by atoms with Gasteiger partial charge in [0.15, 0.2) is 0 Å². The van der Waals surface area contributed by atoms with Crippen molar-refractivity contribution in [2.45, 2.75) is 13.3 Å². The summed E-state index contributed by atoms with van der Waals surface area (Å²) >= 11 is 0. The minimum Gasteiger partial charge on any atom is -0.481 e. The van der Waals surface area contributed by atoms with Gasteiger partial charge < -0.3 is 5.11 Å². The van der Waals surface area contributed by atoms with Gasteiger partial charge in [-0.1, -0.05) is 67.6 Å². The minimum absolute atomic E-state index is 0.366. The second kappa shape index (κ2) is 6.02. The molecule has 0 aliphatic carbocycles. The first-order valence-electron chi connectivity index (χ1n) is 7.44. The summed E-state index contributed by atoms with van der Waals surface area (Å²) in [6.45, 7) is 1.74. The van der Waals surface area contributed by atoms with Crippen LogP contribution in [0.4, 0.5) is 0 Å². The lowest BCUT2D eigenvalue weighted by Crippen LogP contribution is -2.12. The molecule has 0 fully saturated rings. The Morgan fingerprint density at radius 3 is 2.36 bits per heavy atom. The van der Waals surface area contributed by atoms with Gasteiger partial charge in [0.05, 0.1) is 5.92 Å². The van der Waals surface area contributed by atoms with Gasteiger partial charge in [0.1, 0.15) is 0 Å². The second-order valence-electron chi connectivity index (χ2n) is 5.71. The maximum atomic E-state index is 11.0. The Labute approximate surface area is 130 Å².